The van der Waals surface area contributed by atoms with Gasteiger partial charge in [0, 0.05) is 5.02 Å². The number of carbonyl (C=O) groups excluding carboxylic acids is 1. The summed E-state index contributed by atoms with van der Waals surface area (Å²) < 4.78 is 27.6. The number of anilines is 2. The molecule has 3 rings (SSSR count). The second-order valence-electron chi connectivity index (χ2n) is 6.08. The van der Waals surface area contributed by atoms with Crippen molar-refractivity contribution in [3.05, 3.63) is 82.9 Å². The van der Waals surface area contributed by atoms with Gasteiger partial charge in [0.1, 0.15) is 5.75 Å². The molecule has 6 nitrogen and oxygen atoms in total. The quantitative estimate of drug-likeness (QED) is 0.537. The van der Waals surface area contributed by atoms with Gasteiger partial charge in [-0.25, -0.2) is 8.42 Å². The molecule has 0 spiro atoms. The van der Waals surface area contributed by atoms with E-state index in [0.29, 0.717) is 5.02 Å². The molecule has 0 bridgehead atoms. The lowest BCUT2D eigenvalue weighted by atomic mass is 10.1. The number of nitrogens with one attached hydrogen (secondary N) is 2. The second-order valence-corrected chi connectivity index (χ2v) is 8.20. The molecule has 1 amide bonds. The Kier molecular flexibility index (Phi) is 5.58. The molecule has 8 heteroatoms. The van der Waals surface area contributed by atoms with E-state index in [1.54, 1.807) is 24.3 Å². The highest BCUT2D eigenvalue weighted by molar-refractivity contribution is 7.92. The fraction of sp³-hybridized carbons (Fsp3) is 0.0500. The van der Waals surface area contributed by atoms with Gasteiger partial charge in [0.25, 0.3) is 15.9 Å². The summed E-state index contributed by atoms with van der Waals surface area (Å²) in [7, 11) is -3.91. The van der Waals surface area contributed by atoms with Crippen LogP contribution >= 0.6 is 11.6 Å². The van der Waals surface area contributed by atoms with E-state index in [1.807, 2.05) is 6.92 Å². The van der Waals surface area contributed by atoms with Crippen LogP contribution in [0.1, 0.15) is 15.9 Å². The molecule has 0 atom stereocenters. The summed E-state index contributed by atoms with van der Waals surface area (Å²) >= 11 is 5.80. The zero-order valence-corrected chi connectivity index (χ0v) is 16.4. The van der Waals surface area contributed by atoms with Crippen molar-refractivity contribution in [2.75, 3.05) is 10.0 Å². The van der Waals surface area contributed by atoms with Gasteiger partial charge in [-0.1, -0.05) is 29.8 Å². The van der Waals surface area contributed by atoms with Gasteiger partial charge in [0.05, 0.1) is 21.8 Å². The average molecular weight is 417 g/mol. The maximum atomic E-state index is 12.7. The molecule has 3 N–H and O–H groups in total. The summed E-state index contributed by atoms with van der Waals surface area (Å²) in [4.78, 5) is 12.7. The van der Waals surface area contributed by atoms with E-state index in [0.717, 1.165) is 5.56 Å². The summed E-state index contributed by atoms with van der Waals surface area (Å²) in [5.74, 6) is -0.638. The fourth-order valence-electron chi connectivity index (χ4n) is 2.52. The normalized spacial score (nSPS) is 11.1. The third kappa shape index (κ3) is 4.44. The highest BCUT2D eigenvalue weighted by atomic mass is 35.5. The maximum absolute atomic E-state index is 12.7. The van der Waals surface area contributed by atoms with Crippen LogP contribution in [0.4, 0.5) is 11.4 Å². The summed E-state index contributed by atoms with van der Waals surface area (Å²) in [6.45, 7) is 1.81. The van der Waals surface area contributed by atoms with E-state index in [2.05, 4.69) is 10.0 Å². The molecule has 0 radical (unpaired) electrons. The van der Waals surface area contributed by atoms with E-state index in [4.69, 9.17) is 11.6 Å². The number of sulfonamides is 1. The maximum Gasteiger partial charge on any atom is 0.261 e. The van der Waals surface area contributed by atoms with E-state index >= 15 is 0 Å². The van der Waals surface area contributed by atoms with Gasteiger partial charge in [0.15, 0.2) is 0 Å². The number of hydrogen-bond acceptors (Lipinski definition) is 4. The Morgan fingerprint density at radius 3 is 2.32 bits per heavy atom. The number of aromatic hydroxyl groups is 1. The molecule has 28 heavy (non-hydrogen) atoms. The number of phenols is 1. The molecule has 0 unspecified atom stereocenters. The predicted octanol–water partition coefficient (Wildman–Crippen LogP) is 4.41. The standard InChI is InChI=1S/C20H17ClN2O4S/c1-13-6-11-18(19(24)12-13)22-20(25)16-4-2-3-5-17(16)23-28(26,27)15-9-7-14(21)8-10-15/h2-12,23-24H,1H3,(H,22,25). The lowest BCUT2D eigenvalue weighted by Crippen LogP contribution is -2.18. The highest BCUT2D eigenvalue weighted by Crippen LogP contribution is 2.26. The molecule has 0 aliphatic carbocycles. The molecule has 0 aliphatic rings. The van der Waals surface area contributed by atoms with Crippen LogP contribution in [-0.4, -0.2) is 19.4 Å². The number of hydrogen-bond donors (Lipinski definition) is 3. The number of aryl methyl sites for hydroxylation is 1. The van der Waals surface area contributed by atoms with Gasteiger partial charge in [-0.15, -0.1) is 0 Å². The number of phenolic OH excluding ortho intramolecular Hbond substituents is 1. The molecular weight excluding hydrogens is 400 g/mol. The minimum Gasteiger partial charge on any atom is -0.506 e. The van der Waals surface area contributed by atoms with E-state index in [9.17, 15) is 18.3 Å². The van der Waals surface area contributed by atoms with Crippen LogP contribution in [0.2, 0.25) is 5.02 Å². The summed E-state index contributed by atoms with van der Waals surface area (Å²) in [5, 5.41) is 13.0. The molecule has 3 aromatic rings. The van der Waals surface area contributed by atoms with Crippen molar-refractivity contribution in [2.24, 2.45) is 0 Å². The number of rotatable bonds is 5. The predicted molar refractivity (Wildman–Crippen MR) is 109 cm³/mol. The summed E-state index contributed by atoms with van der Waals surface area (Å²) in [6.07, 6.45) is 0. The minimum absolute atomic E-state index is 0.0169. The first-order valence-corrected chi connectivity index (χ1v) is 10.1. The Bertz CT molecular complexity index is 1130. The Labute approximate surface area is 167 Å². The summed E-state index contributed by atoms with van der Waals surface area (Å²) in [5.41, 5.74) is 1.29. The van der Waals surface area contributed by atoms with Gasteiger partial charge in [-0.3, -0.25) is 9.52 Å². The van der Waals surface area contributed by atoms with Crippen LogP contribution in [0.15, 0.2) is 71.6 Å². The van der Waals surface area contributed by atoms with Crippen LogP contribution < -0.4 is 10.0 Å². The minimum atomic E-state index is -3.91. The zero-order chi connectivity index (χ0) is 20.3. The van der Waals surface area contributed by atoms with Crippen molar-refractivity contribution >= 4 is 38.9 Å². The molecule has 3 aromatic carbocycles. The summed E-state index contributed by atoms with van der Waals surface area (Å²) in [6, 6.07) is 16.7. The Balaban J connectivity index is 1.88. The average Bonchev–Trinajstić information content (AvgIpc) is 2.64. The van der Waals surface area contributed by atoms with Crippen LogP contribution in [-0.2, 0) is 10.0 Å². The van der Waals surface area contributed by atoms with Gasteiger partial charge in [-0.05, 0) is 61.0 Å². The van der Waals surface area contributed by atoms with Crippen LogP contribution in [0.5, 0.6) is 5.75 Å². The van der Waals surface area contributed by atoms with E-state index in [1.165, 1.54) is 42.5 Å². The number of benzene rings is 3. The highest BCUT2D eigenvalue weighted by Gasteiger charge is 2.19. The monoisotopic (exact) mass is 416 g/mol. The van der Waals surface area contributed by atoms with Crippen LogP contribution in [0.25, 0.3) is 0 Å². The molecular formula is C20H17ClN2O4S. The number of halogens is 1. The van der Waals surface area contributed by atoms with Crippen molar-refractivity contribution in [3.8, 4) is 5.75 Å². The first kappa shape index (κ1) is 19.7. The second kappa shape index (κ2) is 7.92. The van der Waals surface area contributed by atoms with Gasteiger partial charge in [0.2, 0.25) is 0 Å². The molecule has 0 aromatic heterocycles. The van der Waals surface area contributed by atoms with Gasteiger partial charge >= 0.3 is 0 Å². The molecule has 0 fully saturated rings. The van der Waals surface area contributed by atoms with Crippen molar-refractivity contribution in [2.45, 2.75) is 11.8 Å². The third-order valence-electron chi connectivity index (χ3n) is 3.94. The van der Waals surface area contributed by atoms with E-state index in [-0.39, 0.29) is 27.6 Å². The smallest absolute Gasteiger partial charge is 0.261 e. The fourth-order valence-corrected chi connectivity index (χ4v) is 3.73. The molecule has 0 aliphatic heterocycles. The van der Waals surface area contributed by atoms with Gasteiger partial charge in [-0.2, -0.15) is 0 Å². The van der Waals surface area contributed by atoms with Crippen molar-refractivity contribution in [3.63, 3.8) is 0 Å². The lowest BCUT2D eigenvalue weighted by Gasteiger charge is -2.13. The van der Waals surface area contributed by atoms with Crippen molar-refractivity contribution in [1.29, 1.82) is 0 Å². The first-order valence-electron chi connectivity index (χ1n) is 8.25. The SMILES string of the molecule is Cc1ccc(NC(=O)c2ccccc2NS(=O)(=O)c2ccc(Cl)cc2)c(O)c1. The molecule has 0 saturated heterocycles. The zero-order valence-electron chi connectivity index (χ0n) is 14.8. The Hall–Kier alpha value is -3.03. The van der Waals surface area contributed by atoms with E-state index < -0.39 is 15.9 Å². The molecule has 0 saturated carbocycles. The van der Waals surface area contributed by atoms with Crippen molar-refractivity contribution in [1.82, 2.24) is 0 Å². The lowest BCUT2D eigenvalue weighted by molar-refractivity contribution is 0.102. The molecule has 0 heterocycles. The van der Waals surface area contributed by atoms with Gasteiger partial charge < -0.3 is 10.4 Å². The van der Waals surface area contributed by atoms with Crippen LogP contribution in [0, 0.1) is 6.92 Å². The Morgan fingerprint density at radius 2 is 1.64 bits per heavy atom. The number of para-hydroxylation sites is 1. The number of carbonyl (C=O) groups is 1. The molecule has 144 valence electrons. The number of amides is 1. The largest absolute Gasteiger partial charge is 0.506 e. The van der Waals surface area contributed by atoms with Crippen molar-refractivity contribution < 1.29 is 18.3 Å². The van der Waals surface area contributed by atoms with Crippen LogP contribution in [0.3, 0.4) is 0 Å². The third-order valence-corrected chi connectivity index (χ3v) is 5.57. The Morgan fingerprint density at radius 1 is 0.964 bits per heavy atom. The topological polar surface area (TPSA) is 95.5 Å². The first-order chi connectivity index (χ1) is 13.3.